The fourth-order valence-electron chi connectivity index (χ4n) is 4.79. The van der Waals surface area contributed by atoms with Gasteiger partial charge in [0.05, 0.1) is 0 Å². The number of amides is 4. The summed E-state index contributed by atoms with van der Waals surface area (Å²) < 4.78 is 5.40. The molecular weight excluding hydrogens is 548 g/mol. The molecule has 0 bridgehead atoms. The molecule has 2 rings (SSSR count). The van der Waals surface area contributed by atoms with E-state index in [2.05, 4.69) is 17.6 Å². The lowest BCUT2D eigenvalue weighted by atomic mass is 9.98. The van der Waals surface area contributed by atoms with Crippen LogP contribution in [0.3, 0.4) is 0 Å². The van der Waals surface area contributed by atoms with Crippen molar-refractivity contribution in [2.75, 3.05) is 11.9 Å². The van der Waals surface area contributed by atoms with E-state index in [0.29, 0.717) is 23.2 Å². The molecule has 43 heavy (non-hydrogen) atoms. The van der Waals surface area contributed by atoms with E-state index in [-0.39, 0.29) is 25.1 Å². The third kappa shape index (κ3) is 10.9. The zero-order valence-electron chi connectivity index (χ0n) is 26.6. The monoisotopic (exact) mass is 596 g/mol. The largest absolute Gasteiger partial charge is 0.508 e. The first-order valence-corrected chi connectivity index (χ1v) is 14.9. The van der Waals surface area contributed by atoms with Gasteiger partial charge in [-0.15, -0.1) is 0 Å². The number of hydrogen-bond acceptors (Lipinski definition) is 6. The summed E-state index contributed by atoms with van der Waals surface area (Å²) in [5.74, 6) is -1.56. The number of hydrogen-bond donors (Lipinski definition) is 4. The Morgan fingerprint density at radius 3 is 2.19 bits per heavy atom. The van der Waals surface area contributed by atoms with Gasteiger partial charge in [0.2, 0.25) is 11.8 Å². The average Bonchev–Trinajstić information content (AvgIpc) is 2.90. The summed E-state index contributed by atoms with van der Waals surface area (Å²) >= 11 is 0. The van der Waals surface area contributed by atoms with Crippen LogP contribution in [0.2, 0.25) is 0 Å². The number of nitrogens with two attached hydrogens (primary N) is 1. The zero-order valence-corrected chi connectivity index (χ0v) is 26.6. The molecule has 0 aliphatic rings. The second-order valence-corrected chi connectivity index (χ2v) is 12.0. The molecule has 5 N–H and O–H groups in total. The van der Waals surface area contributed by atoms with Gasteiger partial charge in [-0.1, -0.05) is 50.5 Å². The van der Waals surface area contributed by atoms with Gasteiger partial charge in [0, 0.05) is 18.7 Å². The number of alkyl carbamates (subject to hydrolysis) is 1. The summed E-state index contributed by atoms with van der Waals surface area (Å²) in [5.41, 5.74) is 7.99. The number of ether oxygens (including phenoxy) is 1. The number of primary amides is 1. The molecule has 0 aliphatic carbocycles. The summed E-state index contributed by atoms with van der Waals surface area (Å²) in [6.45, 7) is 12.9. The standard InChI is InChI=1S/C33H48N4O6/c1-8-9-10-11-19-37(31(41)25(16-18-27(34)39)35-32(42)43-33(5,6)7)29(24-15-17-26(38)23(4)20-24)30(40)36-28-21(2)13-12-14-22(28)3/h12-15,17,20,25,29,38H,8-11,16,18-19H2,1-7H3,(H2,34,39)(H,35,42)(H,36,40). The smallest absolute Gasteiger partial charge is 0.408 e. The van der Waals surface area contributed by atoms with Gasteiger partial charge in [0.1, 0.15) is 23.4 Å². The number of aromatic hydroxyl groups is 1. The molecule has 0 aromatic heterocycles. The number of phenolic OH excluding ortho intramolecular Hbond substituents is 1. The van der Waals surface area contributed by atoms with Crippen molar-refractivity contribution in [2.45, 2.75) is 105 Å². The molecule has 10 heteroatoms. The lowest BCUT2D eigenvalue weighted by molar-refractivity contribution is -0.141. The maximum Gasteiger partial charge on any atom is 0.408 e. The molecule has 236 valence electrons. The van der Waals surface area contributed by atoms with Crippen LogP contribution in [0.5, 0.6) is 5.75 Å². The van der Waals surface area contributed by atoms with Crippen molar-refractivity contribution in [2.24, 2.45) is 5.73 Å². The van der Waals surface area contributed by atoms with Crippen LogP contribution in [0.25, 0.3) is 0 Å². The fourth-order valence-corrected chi connectivity index (χ4v) is 4.79. The van der Waals surface area contributed by atoms with Crippen LogP contribution in [0, 0.1) is 20.8 Å². The van der Waals surface area contributed by atoms with Crippen LogP contribution in [-0.4, -0.2) is 52.0 Å². The second-order valence-electron chi connectivity index (χ2n) is 12.0. The molecule has 0 aliphatic heterocycles. The number of nitrogens with zero attached hydrogens (tertiary/aromatic N) is 1. The van der Waals surface area contributed by atoms with Gasteiger partial charge < -0.3 is 31.1 Å². The molecule has 0 heterocycles. The van der Waals surface area contributed by atoms with Crippen LogP contribution < -0.4 is 16.4 Å². The van der Waals surface area contributed by atoms with Crippen molar-refractivity contribution in [3.05, 3.63) is 58.7 Å². The molecule has 0 saturated heterocycles. The quantitative estimate of drug-likeness (QED) is 0.210. The summed E-state index contributed by atoms with van der Waals surface area (Å²) in [7, 11) is 0. The Morgan fingerprint density at radius 1 is 0.977 bits per heavy atom. The van der Waals surface area contributed by atoms with Crippen molar-refractivity contribution in [1.82, 2.24) is 10.2 Å². The summed E-state index contributed by atoms with van der Waals surface area (Å²) in [6, 6.07) is 8.18. The summed E-state index contributed by atoms with van der Waals surface area (Å²) in [5, 5.41) is 15.9. The predicted molar refractivity (Wildman–Crippen MR) is 168 cm³/mol. The molecule has 0 radical (unpaired) electrons. The molecule has 2 unspecified atom stereocenters. The van der Waals surface area contributed by atoms with Crippen LogP contribution in [0.1, 0.15) is 94.5 Å². The highest BCUT2D eigenvalue weighted by molar-refractivity contribution is 6.00. The number of anilines is 1. The Bertz CT molecular complexity index is 1270. The van der Waals surface area contributed by atoms with E-state index in [4.69, 9.17) is 10.5 Å². The molecule has 4 amide bonds. The Kier molecular flexibility index (Phi) is 13.0. The first kappa shape index (κ1) is 35.1. The predicted octanol–water partition coefficient (Wildman–Crippen LogP) is 5.56. The molecule has 0 spiro atoms. The first-order chi connectivity index (χ1) is 20.1. The minimum Gasteiger partial charge on any atom is -0.508 e. The SMILES string of the molecule is CCCCCCN(C(=O)C(CCC(N)=O)NC(=O)OC(C)(C)C)C(C(=O)Nc1c(C)cccc1C)c1ccc(O)c(C)c1. The first-order valence-electron chi connectivity index (χ1n) is 14.9. The van der Waals surface area contributed by atoms with Crippen LogP contribution >= 0.6 is 0 Å². The summed E-state index contributed by atoms with van der Waals surface area (Å²) in [4.78, 5) is 54.5. The van der Waals surface area contributed by atoms with E-state index >= 15 is 0 Å². The van der Waals surface area contributed by atoms with Crippen molar-refractivity contribution < 1.29 is 29.0 Å². The van der Waals surface area contributed by atoms with Crippen LogP contribution in [0.15, 0.2) is 36.4 Å². The number of rotatable bonds is 14. The normalized spacial score (nSPS) is 12.6. The minimum absolute atomic E-state index is 0.0596. The minimum atomic E-state index is -1.18. The van der Waals surface area contributed by atoms with Gasteiger partial charge >= 0.3 is 6.09 Å². The maximum absolute atomic E-state index is 14.4. The highest BCUT2D eigenvalue weighted by Gasteiger charge is 2.36. The van der Waals surface area contributed by atoms with Crippen LogP contribution in [0.4, 0.5) is 10.5 Å². The Hall–Kier alpha value is -4.08. The highest BCUT2D eigenvalue weighted by atomic mass is 16.6. The molecule has 2 aromatic rings. The second kappa shape index (κ2) is 16.0. The molecule has 2 aromatic carbocycles. The van der Waals surface area contributed by atoms with Gasteiger partial charge in [0.15, 0.2) is 0 Å². The van der Waals surface area contributed by atoms with Crippen molar-refractivity contribution in [3.63, 3.8) is 0 Å². The number of nitrogens with one attached hydrogen (secondary N) is 2. The fraction of sp³-hybridized carbons (Fsp3) is 0.515. The number of carbonyl (C=O) groups is 4. The van der Waals surface area contributed by atoms with E-state index in [1.54, 1.807) is 39.8 Å². The topological polar surface area (TPSA) is 151 Å². The van der Waals surface area contributed by atoms with Gasteiger partial charge in [0.25, 0.3) is 5.91 Å². The van der Waals surface area contributed by atoms with Crippen molar-refractivity contribution >= 4 is 29.5 Å². The zero-order chi connectivity index (χ0) is 32.3. The van der Waals surface area contributed by atoms with E-state index < -0.39 is 41.5 Å². The lowest BCUT2D eigenvalue weighted by Gasteiger charge is -2.35. The average molecular weight is 597 g/mol. The van der Waals surface area contributed by atoms with Crippen molar-refractivity contribution in [1.29, 1.82) is 0 Å². The number of unbranched alkanes of at least 4 members (excludes halogenated alkanes) is 3. The number of carbonyl (C=O) groups excluding carboxylic acids is 4. The van der Waals surface area contributed by atoms with E-state index in [9.17, 15) is 24.3 Å². The van der Waals surface area contributed by atoms with Crippen LogP contribution in [-0.2, 0) is 19.1 Å². The lowest BCUT2D eigenvalue weighted by Crippen LogP contribution is -2.53. The molecule has 0 fully saturated rings. The Balaban J connectivity index is 2.63. The van der Waals surface area contributed by atoms with Gasteiger partial charge in [-0.05, 0) is 88.8 Å². The van der Waals surface area contributed by atoms with E-state index in [1.807, 2.05) is 32.0 Å². The number of aryl methyl sites for hydroxylation is 3. The number of phenols is 1. The summed E-state index contributed by atoms with van der Waals surface area (Å²) in [6.07, 6.45) is 2.30. The molecule has 10 nitrogen and oxygen atoms in total. The number of benzene rings is 2. The third-order valence-electron chi connectivity index (χ3n) is 7.03. The van der Waals surface area contributed by atoms with Gasteiger partial charge in [-0.2, -0.15) is 0 Å². The highest BCUT2D eigenvalue weighted by Crippen LogP contribution is 2.30. The van der Waals surface area contributed by atoms with E-state index in [0.717, 1.165) is 30.4 Å². The van der Waals surface area contributed by atoms with Gasteiger partial charge in [-0.25, -0.2) is 4.79 Å². The molecule has 2 atom stereocenters. The molecule has 0 saturated carbocycles. The number of para-hydroxylation sites is 1. The maximum atomic E-state index is 14.4. The van der Waals surface area contributed by atoms with Gasteiger partial charge in [-0.3, -0.25) is 14.4 Å². The van der Waals surface area contributed by atoms with Crippen molar-refractivity contribution in [3.8, 4) is 5.75 Å². The third-order valence-corrected chi connectivity index (χ3v) is 7.03. The van der Waals surface area contributed by atoms with E-state index in [1.165, 1.54) is 11.0 Å². The Labute approximate surface area is 255 Å². The Morgan fingerprint density at radius 2 is 1.63 bits per heavy atom. The molecular formula is C33H48N4O6.